The lowest BCUT2D eigenvalue weighted by Crippen LogP contribution is -2.41. The molecule has 33 heavy (non-hydrogen) atoms. The van der Waals surface area contributed by atoms with Crippen LogP contribution in [-0.2, 0) is 21.4 Å². The summed E-state index contributed by atoms with van der Waals surface area (Å²) in [6, 6.07) is 18.0. The fourth-order valence-electron chi connectivity index (χ4n) is 3.29. The summed E-state index contributed by atoms with van der Waals surface area (Å²) < 4.78 is 38.0. The van der Waals surface area contributed by atoms with Crippen molar-refractivity contribution in [3.63, 3.8) is 0 Å². The van der Waals surface area contributed by atoms with Crippen LogP contribution in [0, 0.1) is 10.1 Å². The first-order chi connectivity index (χ1) is 15.9. The van der Waals surface area contributed by atoms with E-state index < -0.39 is 33.1 Å². The highest BCUT2D eigenvalue weighted by molar-refractivity contribution is 7.92. The molecular formula is C22H19N3O7S. The first-order valence-electron chi connectivity index (χ1n) is 9.83. The summed E-state index contributed by atoms with van der Waals surface area (Å²) in [6.45, 7) is -0.425. The molecule has 0 fully saturated rings. The Morgan fingerprint density at radius 2 is 1.70 bits per heavy atom. The number of rotatable bonds is 8. The minimum absolute atomic E-state index is 0.0910. The van der Waals surface area contributed by atoms with Crippen molar-refractivity contribution in [2.75, 3.05) is 17.6 Å². The number of carbonyl (C=O) groups excluding carboxylic acids is 1. The highest BCUT2D eigenvalue weighted by atomic mass is 32.2. The van der Waals surface area contributed by atoms with Crippen LogP contribution in [-0.4, -0.2) is 32.6 Å². The number of nitrogens with zero attached hydrogens (tertiary/aromatic N) is 2. The normalized spacial score (nSPS) is 12.2. The van der Waals surface area contributed by atoms with Gasteiger partial charge in [0.15, 0.2) is 11.5 Å². The molecular weight excluding hydrogens is 450 g/mol. The van der Waals surface area contributed by atoms with Gasteiger partial charge >= 0.3 is 0 Å². The van der Waals surface area contributed by atoms with E-state index in [1.807, 2.05) is 0 Å². The van der Waals surface area contributed by atoms with Gasteiger partial charge in [-0.1, -0.05) is 36.4 Å². The Hall–Kier alpha value is -4.12. The second-order valence-corrected chi connectivity index (χ2v) is 8.90. The molecule has 3 aromatic carbocycles. The molecule has 0 radical (unpaired) electrons. The molecule has 0 spiro atoms. The first kappa shape index (κ1) is 22.1. The Labute approximate surface area is 189 Å². The van der Waals surface area contributed by atoms with E-state index in [-0.39, 0.29) is 23.9 Å². The van der Waals surface area contributed by atoms with Crippen molar-refractivity contribution in [1.29, 1.82) is 0 Å². The zero-order valence-corrected chi connectivity index (χ0v) is 18.0. The summed E-state index contributed by atoms with van der Waals surface area (Å²) in [5.41, 5.74) is 0.0842. The Morgan fingerprint density at radius 1 is 1.00 bits per heavy atom. The summed E-state index contributed by atoms with van der Waals surface area (Å²) >= 11 is 0. The number of carbonyl (C=O) groups is 1. The van der Waals surface area contributed by atoms with E-state index in [1.54, 1.807) is 24.3 Å². The zero-order valence-electron chi connectivity index (χ0n) is 17.2. The van der Waals surface area contributed by atoms with Crippen LogP contribution in [0.4, 0.5) is 11.4 Å². The summed E-state index contributed by atoms with van der Waals surface area (Å²) in [5.74, 6) is 0.516. The average molecular weight is 469 g/mol. The minimum Gasteiger partial charge on any atom is -0.454 e. The molecule has 0 saturated heterocycles. The monoisotopic (exact) mass is 469 g/mol. The molecule has 1 amide bonds. The molecule has 11 heteroatoms. The lowest BCUT2D eigenvalue weighted by Gasteiger charge is -2.23. The number of fused-ring (bicyclic) bond motifs is 1. The van der Waals surface area contributed by atoms with Crippen molar-refractivity contribution in [3.05, 3.63) is 88.5 Å². The molecule has 0 aliphatic carbocycles. The van der Waals surface area contributed by atoms with Crippen LogP contribution in [0.25, 0.3) is 0 Å². The van der Waals surface area contributed by atoms with Crippen LogP contribution in [0.3, 0.4) is 0 Å². The van der Waals surface area contributed by atoms with Gasteiger partial charge in [-0.2, -0.15) is 0 Å². The van der Waals surface area contributed by atoms with Crippen LogP contribution in [0.1, 0.15) is 5.56 Å². The van der Waals surface area contributed by atoms with E-state index in [2.05, 4.69) is 5.32 Å². The molecule has 3 aromatic rings. The average Bonchev–Trinajstić information content (AvgIpc) is 3.29. The van der Waals surface area contributed by atoms with E-state index >= 15 is 0 Å². The third kappa shape index (κ3) is 4.72. The highest BCUT2D eigenvalue weighted by Crippen LogP contribution is 2.33. The summed E-state index contributed by atoms with van der Waals surface area (Å²) in [7, 11) is -4.26. The fourth-order valence-corrected chi connectivity index (χ4v) is 4.74. The largest absolute Gasteiger partial charge is 0.454 e. The molecule has 1 heterocycles. The van der Waals surface area contributed by atoms with E-state index in [9.17, 15) is 23.3 Å². The van der Waals surface area contributed by atoms with E-state index in [1.165, 1.54) is 48.5 Å². The van der Waals surface area contributed by atoms with E-state index in [4.69, 9.17) is 9.47 Å². The molecule has 0 saturated carbocycles. The molecule has 0 bridgehead atoms. The maximum Gasteiger partial charge on any atom is 0.293 e. The Kier molecular flexibility index (Phi) is 6.13. The van der Waals surface area contributed by atoms with Gasteiger partial charge in [0.2, 0.25) is 12.7 Å². The van der Waals surface area contributed by atoms with E-state index in [0.29, 0.717) is 11.5 Å². The highest BCUT2D eigenvalue weighted by Gasteiger charge is 2.31. The van der Waals surface area contributed by atoms with Crippen molar-refractivity contribution >= 4 is 27.3 Å². The quantitative estimate of drug-likeness (QED) is 0.397. The topological polar surface area (TPSA) is 128 Å². The van der Waals surface area contributed by atoms with Crippen LogP contribution in [0.2, 0.25) is 0 Å². The van der Waals surface area contributed by atoms with Crippen LogP contribution in [0.15, 0.2) is 77.7 Å². The van der Waals surface area contributed by atoms with Crippen molar-refractivity contribution in [2.45, 2.75) is 11.4 Å². The zero-order chi connectivity index (χ0) is 23.4. The van der Waals surface area contributed by atoms with Gasteiger partial charge in [0.1, 0.15) is 12.2 Å². The van der Waals surface area contributed by atoms with Crippen LogP contribution in [0.5, 0.6) is 11.5 Å². The number of benzene rings is 3. The third-order valence-electron chi connectivity index (χ3n) is 4.89. The summed E-state index contributed by atoms with van der Waals surface area (Å²) in [5, 5.41) is 14.2. The lowest BCUT2D eigenvalue weighted by atomic mass is 10.2. The number of hydrogen-bond acceptors (Lipinski definition) is 7. The van der Waals surface area contributed by atoms with Crippen LogP contribution < -0.4 is 19.1 Å². The van der Waals surface area contributed by atoms with Gasteiger partial charge in [0, 0.05) is 12.6 Å². The number of para-hydroxylation sites is 2. The number of anilines is 1. The fraction of sp³-hybridized carbons (Fsp3) is 0.136. The van der Waals surface area contributed by atoms with Crippen molar-refractivity contribution in [1.82, 2.24) is 5.32 Å². The predicted octanol–water partition coefficient (Wildman–Crippen LogP) is 2.84. The molecule has 170 valence electrons. The maximum absolute atomic E-state index is 13.3. The number of sulfonamides is 1. The van der Waals surface area contributed by atoms with Gasteiger partial charge in [-0.15, -0.1) is 0 Å². The molecule has 1 aliphatic rings. The van der Waals surface area contributed by atoms with Crippen molar-refractivity contribution < 1.29 is 27.6 Å². The van der Waals surface area contributed by atoms with Gasteiger partial charge in [-0.25, -0.2) is 12.7 Å². The smallest absolute Gasteiger partial charge is 0.293 e. The number of amides is 1. The van der Waals surface area contributed by atoms with E-state index in [0.717, 1.165) is 9.87 Å². The number of nitro benzene ring substituents is 1. The Balaban J connectivity index is 1.60. The SMILES string of the molecule is O=C(CN(c1ccccc1[N+](=O)[O-])S(=O)(=O)c1ccccc1)NCc1ccc2c(c1)OCO2. The molecule has 1 N–H and O–H groups in total. The number of ether oxygens (including phenoxy) is 2. The molecule has 10 nitrogen and oxygen atoms in total. The third-order valence-corrected chi connectivity index (χ3v) is 6.67. The lowest BCUT2D eigenvalue weighted by molar-refractivity contribution is -0.384. The van der Waals surface area contributed by atoms with Gasteiger partial charge in [-0.05, 0) is 35.9 Å². The second-order valence-electron chi connectivity index (χ2n) is 7.03. The number of hydrogen-bond donors (Lipinski definition) is 1. The van der Waals surface area contributed by atoms with Gasteiger partial charge in [0.25, 0.3) is 15.7 Å². The second kappa shape index (κ2) is 9.17. The standard InChI is InChI=1S/C22H19N3O7S/c26-22(23-13-16-10-11-20-21(12-16)32-15-31-20)14-24(18-8-4-5-9-19(18)25(27)28)33(29,30)17-6-2-1-3-7-17/h1-12H,13-15H2,(H,23,26). The van der Waals surface area contributed by atoms with Gasteiger partial charge < -0.3 is 14.8 Å². The number of nitrogens with one attached hydrogen (secondary N) is 1. The molecule has 0 unspecified atom stereocenters. The van der Waals surface area contributed by atoms with Crippen molar-refractivity contribution in [3.8, 4) is 11.5 Å². The summed E-state index contributed by atoms with van der Waals surface area (Å²) in [6.07, 6.45) is 0. The minimum atomic E-state index is -4.26. The van der Waals surface area contributed by atoms with Crippen molar-refractivity contribution in [2.24, 2.45) is 0 Å². The Morgan fingerprint density at radius 3 is 2.45 bits per heavy atom. The molecule has 0 atom stereocenters. The van der Waals surface area contributed by atoms with Crippen LogP contribution >= 0.6 is 0 Å². The Bertz CT molecular complexity index is 1300. The number of nitro groups is 1. The molecule has 0 aromatic heterocycles. The summed E-state index contributed by atoms with van der Waals surface area (Å²) in [4.78, 5) is 23.5. The molecule has 1 aliphatic heterocycles. The van der Waals surface area contributed by atoms with Gasteiger partial charge in [0.05, 0.1) is 9.82 Å². The van der Waals surface area contributed by atoms with Gasteiger partial charge in [-0.3, -0.25) is 14.9 Å². The maximum atomic E-state index is 13.3. The predicted molar refractivity (Wildman–Crippen MR) is 118 cm³/mol. The molecule has 4 rings (SSSR count). The first-order valence-corrected chi connectivity index (χ1v) is 11.3.